The summed E-state index contributed by atoms with van der Waals surface area (Å²) in [5.74, 6) is -0.499. The van der Waals surface area contributed by atoms with E-state index < -0.39 is 33.4 Å². The minimum absolute atomic E-state index is 0.0721. The lowest BCUT2D eigenvalue weighted by Gasteiger charge is -2.33. The molecular weight excluding hydrogens is 560 g/mol. The van der Waals surface area contributed by atoms with Crippen LogP contribution >= 0.6 is 0 Å². The van der Waals surface area contributed by atoms with Crippen LogP contribution in [-0.2, 0) is 26.2 Å². The van der Waals surface area contributed by atoms with Crippen LogP contribution < -0.4 is 14.4 Å². The maximum absolute atomic E-state index is 14.1. The maximum atomic E-state index is 14.1. The summed E-state index contributed by atoms with van der Waals surface area (Å²) >= 11 is 0. The van der Waals surface area contributed by atoms with Crippen LogP contribution in [0.2, 0.25) is 0 Å². The van der Waals surface area contributed by atoms with Gasteiger partial charge < -0.3 is 15.0 Å². The quantitative estimate of drug-likeness (QED) is 0.228. The number of likely N-dealkylation sites (N-methyl/N-ethyl adjacent to an activating group) is 1. The van der Waals surface area contributed by atoms with Crippen molar-refractivity contribution in [2.75, 3.05) is 24.5 Å². The zero-order valence-corrected chi connectivity index (χ0v) is 25.2. The summed E-state index contributed by atoms with van der Waals surface area (Å²) in [5, 5.41) is 14.3. The fourth-order valence-electron chi connectivity index (χ4n) is 4.57. The molecule has 0 aliphatic carbocycles. The monoisotopic (exact) mass is 596 g/mol. The minimum atomic E-state index is -4.48. The van der Waals surface area contributed by atoms with Crippen molar-refractivity contribution in [2.24, 2.45) is 0 Å². The van der Waals surface area contributed by atoms with E-state index >= 15 is 0 Å². The molecule has 224 valence electrons. The van der Waals surface area contributed by atoms with E-state index in [9.17, 15) is 28.1 Å². The number of aryl methyl sites for hydroxylation is 2. The van der Waals surface area contributed by atoms with Gasteiger partial charge in [0.1, 0.15) is 18.3 Å². The average molecular weight is 597 g/mol. The Hall–Kier alpha value is -4.45. The highest BCUT2D eigenvalue weighted by Gasteiger charge is 2.34. The molecule has 2 amide bonds. The Labute approximate surface area is 246 Å². The Balaban J connectivity index is 2.12. The molecule has 0 saturated carbocycles. The largest absolute Gasteiger partial charge is 0.497 e. The van der Waals surface area contributed by atoms with Crippen LogP contribution in [0.15, 0.2) is 71.6 Å². The fraction of sp³-hybridized carbons (Fsp3) is 0.333. The van der Waals surface area contributed by atoms with Gasteiger partial charge in [0.25, 0.3) is 15.7 Å². The predicted octanol–water partition coefficient (Wildman–Crippen LogP) is 4.36. The number of ether oxygens (including phenoxy) is 1. The first-order chi connectivity index (χ1) is 19.9. The highest BCUT2D eigenvalue weighted by molar-refractivity contribution is 7.92. The normalized spacial score (nSPS) is 11.8. The van der Waals surface area contributed by atoms with Crippen molar-refractivity contribution < 1.29 is 27.7 Å². The number of hydrogen-bond acceptors (Lipinski definition) is 7. The van der Waals surface area contributed by atoms with Crippen molar-refractivity contribution in [2.45, 2.75) is 51.6 Å². The van der Waals surface area contributed by atoms with Crippen LogP contribution in [0.1, 0.15) is 37.0 Å². The number of amides is 2. The molecule has 0 saturated heterocycles. The third-order valence-electron chi connectivity index (χ3n) is 6.78. The second kappa shape index (κ2) is 13.9. The second-order valence-electron chi connectivity index (χ2n) is 9.74. The summed E-state index contributed by atoms with van der Waals surface area (Å²) in [7, 11) is -3.01. The Kier molecular flexibility index (Phi) is 10.6. The van der Waals surface area contributed by atoms with Crippen molar-refractivity contribution in [3.8, 4) is 5.75 Å². The van der Waals surface area contributed by atoms with E-state index in [0.717, 1.165) is 21.5 Å². The molecule has 1 atom stereocenters. The summed E-state index contributed by atoms with van der Waals surface area (Å²) in [4.78, 5) is 39.1. The summed E-state index contributed by atoms with van der Waals surface area (Å²) < 4.78 is 34.2. The molecule has 0 aromatic heterocycles. The summed E-state index contributed by atoms with van der Waals surface area (Å²) in [5.41, 5.74) is 1.82. The lowest BCUT2D eigenvalue weighted by Crippen LogP contribution is -2.52. The van der Waals surface area contributed by atoms with Crippen LogP contribution in [0.5, 0.6) is 5.75 Å². The van der Waals surface area contributed by atoms with Gasteiger partial charge in [-0.25, -0.2) is 8.42 Å². The number of anilines is 1. The van der Waals surface area contributed by atoms with Gasteiger partial charge in [-0.3, -0.25) is 24.0 Å². The number of rotatable bonds is 13. The number of methoxy groups -OCH3 is 1. The summed E-state index contributed by atoms with van der Waals surface area (Å²) in [6, 6.07) is 16.3. The first-order valence-corrected chi connectivity index (χ1v) is 14.9. The van der Waals surface area contributed by atoms with Crippen LogP contribution in [0.3, 0.4) is 0 Å². The molecule has 3 aromatic carbocycles. The van der Waals surface area contributed by atoms with Gasteiger partial charge in [0.15, 0.2) is 0 Å². The predicted molar refractivity (Wildman–Crippen MR) is 160 cm³/mol. The molecule has 0 bridgehead atoms. The van der Waals surface area contributed by atoms with Crippen molar-refractivity contribution in [1.82, 2.24) is 10.2 Å². The molecular formula is C30H36N4O7S. The van der Waals surface area contributed by atoms with E-state index in [1.807, 2.05) is 31.2 Å². The molecule has 0 fully saturated rings. The van der Waals surface area contributed by atoms with E-state index in [1.165, 1.54) is 43.2 Å². The van der Waals surface area contributed by atoms with E-state index in [4.69, 9.17) is 4.74 Å². The van der Waals surface area contributed by atoms with Crippen LogP contribution in [-0.4, -0.2) is 56.3 Å². The highest BCUT2D eigenvalue weighted by Crippen LogP contribution is 2.29. The van der Waals surface area contributed by atoms with Gasteiger partial charge in [0.2, 0.25) is 11.8 Å². The molecule has 0 radical (unpaired) electrons. The third kappa shape index (κ3) is 7.43. The number of hydrogen-bond donors (Lipinski definition) is 1. The van der Waals surface area contributed by atoms with Crippen molar-refractivity contribution in [3.05, 3.63) is 93.5 Å². The smallest absolute Gasteiger partial charge is 0.273 e. The van der Waals surface area contributed by atoms with Crippen molar-refractivity contribution in [1.29, 1.82) is 0 Å². The lowest BCUT2D eigenvalue weighted by molar-refractivity contribution is -0.385. The summed E-state index contributed by atoms with van der Waals surface area (Å²) in [6.45, 7) is 6.75. The van der Waals surface area contributed by atoms with Gasteiger partial charge in [-0.05, 0) is 63.1 Å². The molecule has 0 spiro atoms. The Morgan fingerprint density at radius 1 is 1.02 bits per heavy atom. The molecule has 3 rings (SSSR count). The molecule has 1 N–H and O–H groups in total. The highest BCUT2D eigenvalue weighted by atomic mass is 32.2. The van der Waals surface area contributed by atoms with Crippen LogP contribution in [0.4, 0.5) is 11.4 Å². The number of benzene rings is 3. The topological polar surface area (TPSA) is 139 Å². The third-order valence-corrected chi connectivity index (χ3v) is 8.55. The molecule has 0 aliphatic heterocycles. The number of nitrogens with zero attached hydrogens (tertiary/aromatic N) is 3. The molecule has 0 heterocycles. The van der Waals surface area contributed by atoms with E-state index in [2.05, 4.69) is 5.32 Å². The number of sulfonamides is 1. The lowest BCUT2D eigenvalue weighted by atomic mass is 10.1. The molecule has 11 nitrogen and oxygen atoms in total. The first kappa shape index (κ1) is 32.1. The molecule has 3 aromatic rings. The number of carbonyl (C=O) groups excluding carboxylic acids is 2. The number of carbonyl (C=O) groups is 2. The molecule has 42 heavy (non-hydrogen) atoms. The number of nitro groups is 1. The van der Waals surface area contributed by atoms with Gasteiger partial charge in [-0.2, -0.15) is 0 Å². The van der Waals surface area contributed by atoms with Gasteiger partial charge in [0, 0.05) is 24.7 Å². The molecule has 0 aliphatic rings. The van der Waals surface area contributed by atoms with E-state index in [0.29, 0.717) is 24.3 Å². The van der Waals surface area contributed by atoms with Gasteiger partial charge in [0.05, 0.1) is 22.6 Å². The Morgan fingerprint density at radius 3 is 2.29 bits per heavy atom. The van der Waals surface area contributed by atoms with E-state index in [1.54, 1.807) is 26.0 Å². The SMILES string of the molecule is CCNC(=O)C(CC)N(Cc1cccc(C)c1)C(=O)CN(c1ccc(OC)cc1)S(=O)(=O)c1ccc(C)c([N+](=O)[O-])c1. The van der Waals surface area contributed by atoms with Crippen LogP contribution in [0, 0.1) is 24.0 Å². The fourth-order valence-corrected chi connectivity index (χ4v) is 6.00. The molecule has 12 heteroatoms. The molecule has 1 unspecified atom stereocenters. The second-order valence-corrected chi connectivity index (χ2v) is 11.6. The van der Waals surface area contributed by atoms with Gasteiger partial charge >= 0.3 is 0 Å². The van der Waals surface area contributed by atoms with Gasteiger partial charge in [-0.15, -0.1) is 0 Å². The number of nitro benzene ring substituents is 1. The maximum Gasteiger partial charge on any atom is 0.273 e. The Morgan fingerprint density at radius 2 is 1.71 bits per heavy atom. The summed E-state index contributed by atoms with van der Waals surface area (Å²) in [6.07, 6.45) is 0.294. The van der Waals surface area contributed by atoms with Crippen LogP contribution in [0.25, 0.3) is 0 Å². The van der Waals surface area contributed by atoms with Crippen molar-refractivity contribution >= 4 is 33.2 Å². The minimum Gasteiger partial charge on any atom is -0.497 e. The zero-order chi connectivity index (χ0) is 31.0. The first-order valence-electron chi connectivity index (χ1n) is 13.5. The van der Waals surface area contributed by atoms with Gasteiger partial charge in [-0.1, -0.05) is 42.8 Å². The van der Waals surface area contributed by atoms with E-state index in [-0.39, 0.29) is 28.7 Å². The standard InChI is InChI=1S/C30H36N4O7S/c1-6-27(30(36)31-7-2)32(19-23-10-8-9-21(3)17-23)29(35)20-33(24-12-14-25(41-5)15-13-24)42(39,40)26-16-11-22(4)28(18-26)34(37)38/h8-18,27H,6-7,19-20H2,1-5H3,(H,31,36). The van der Waals surface area contributed by atoms with Crippen molar-refractivity contribution in [3.63, 3.8) is 0 Å². The Bertz CT molecular complexity index is 1540. The average Bonchev–Trinajstić information content (AvgIpc) is 2.95. The zero-order valence-electron chi connectivity index (χ0n) is 24.4. The number of nitrogens with one attached hydrogen (secondary N) is 1.